The number of nitrogens with one attached hydrogen (secondary N) is 1. The molecular weight excluding hydrogens is 940 g/mol. The van der Waals surface area contributed by atoms with E-state index in [1.54, 1.807) is 0 Å². The van der Waals surface area contributed by atoms with E-state index in [1.165, 1.54) is 231 Å². The summed E-state index contributed by atoms with van der Waals surface area (Å²) in [6.45, 7) is 6.88. The first-order chi connectivity index (χ1) is 35.9. The summed E-state index contributed by atoms with van der Waals surface area (Å²) in [5.41, 5.74) is 0. The highest BCUT2D eigenvalue weighted by molar-refractivity contribution is 7.45. The molecule has 0 rings (SSSR count). The number of hydrogen-bond acceptors (Lipinski definition) is 7. The number of esters is 1. The number of carbonyl (C=O) groups excluding carboxylic acids is 2. The van der Waals surface area contributed by atoms with Gasteiger partial charge >= 0.3 is 5.97 Å². The third kappa shape index (κ3) is 55.3. The summed E-state index contributed by atoms with van der Waals surface area (Å²) in [7, 11) is 1.20. The third-order valence-corrected chi connectivity index (χ3v) is 15.6. The molecule has 438 valence electrons. The second kappa shape index (κ2) is 54.8. The fraction of sp³-hybridized carbons (Fsp3) is 0.906. The van der Waals surface area contributed by atoms with Crippen molar-refractivity contribution in [2.75, 3.05) is 40.9 Å². The maximum absolute atomic E-state index is 13.5. The van der Waals surface area contributed by atoms with Crippen LogP contribution in [0.15, 0.2) is 24.3 Å². The van der Waals surface area contributed by atoms with Crippen LogP contribution in [0.2, 0.25) is 0 Å². The average Bonchev–Trinajstić information content (AvgIpc) is 3.36. The molecule has 0 bridgehead atoms. The molecule has 0 spiro atoms. The highest BCUT2D eigenvalue weighted by Gasteiger charge is 2.27. The topological polar surface area (TPSA) is 114 Å². The van der Waals surface area contributed by atoms with Gasteiger partial charge in [0.05, 0.1) is 33.8 Å². The number of ether oxygens (including phenoxy) is 1. The number of unbranched alkanes of at least 4 members (excludes halogenated alkanes) is 41. The fourth-order valence-electron chi connectivity index (χ4n) is 9.64. The molecule has 0 aromatic rings. The Morgan fingerprint density at radius 1 is 0.459 bits per heavy atom. The number of hydrogen-bond donors (Lipinski definition) is 1. The SMILES string of the molecule is CCCCCCCC/C=C/CCCCCCCCCCCC(=O)NC(COP(=O)([O-])OCC[N+](C)(C)C)C(/C=C/CCCCCCCCCCCC)OC(=O)CCCCCCCCCCCCCCCCCCC. The molecular formula is C64H125N2O7P. The molecule has 10 heteroatoms. The Bertz CT molecular complexity index is 1320. The van der Waals surface area contributed by atoms with Gasteiger partial charge in [0.2, 0.25) is 5.91 Å². The lowest BCUT2D eigenvalue weighted by atomic mass is 10.0. The molecule has 0 aromatic carbocycles. The highest BCUT2D eigenvalue weighted by Crippen LogP contribution is 2.38. The van der Waals surface area contributed by atoms with Gasteiger partial charge in [0.1, 0.15) is 19.3 Å². The number of amides is 1. The number of rotatable bonds is 59. The quantitative estimate of drug-likeness (QED) is 0.0212. The van der Waals surface area contributed by atoms with Crippen LogP contribution < -0.4 is 10.2 Å². The van der Waals surface area contributed by atoms with Crippen LogP contribution in [-0.2, 0) is 27.9 Å². The molecule has 0 saturated heterocycles. The Kier molecular flexibility index (Phi) is 53.7. The van der Waals surface area contributed by atoms with Crippen LogP contribution in [0, 0.1) is 0 Å². The number of likely N-dealkylation sites (N-methyl/N-ethyl adjacent to an activating group) is 1. The molecule has 0 fully saturated rings. The van der Waals surface area contributed by atoms with Crippen molar-refractivity contribution < 1.29 is 37.3 Å². The molecule has 9 nitrogen and oxygen atoms in total. The molecule has 3 atom stereocenters. The maximum atomic E-state index is 13.5. The second-order valence-electron chi connectivity index (χ2n) is 23.3. The molecule has 0 saturated carbocycles. The maximum Gasteiger partial charge on any atom is 0.306 e. The van der Waals surface area contributed by atoms with Gasteiger partial charge in [-0.15, -0.1) is 0 Å². The van der Waals surface area contributed by atoms with E-state index >= 15 is 0 Å². The van der Waals surface area contributed by atoms with Gasteiger partial charge in [-0.25, -0.2) is 0 Å². The molecule has 0 aliphatic rings. The summed E-state index contributed by atoms with van der Waals surface area (Å²) < 4.78 is 30.4. The predicted molar refractivity (Wildman–Crippen MR) is 317 cm³/mol. The molecule has 1 amide bonds. The smallest absolute Gasteiger partial charge is 0.306 e. The Hall–Kier alpha value is -1.51. The van der Waals surface area contributed by atoms with E-state index in [0.717, 1.165) is 57.8 Å². The zero-order chi connectivity index (χ0) is 54.3. The van der Waals surface area contributed by atoms with Crippen molar-refractivity contribution in [2.24, 2.45) is 0 Å². The summed E-state index contributed by atoms with van der Waals surface area (Å²) >= 11 is 0. The van der Waals surface area contributed by atoms with E-state index in [-0.39, 0.29) is 31.5 Å². The van der Waals surface area contributed by atoms with Crippen LogP contribution in [0.25, 0.3) is 0 Å². The Morgan fingerprint density at radius 2 is 0.784 bits per heavy atom. The largest absolute Gasteiger partial charge is 0.756 e. The van der Waals surface area contributed by atoms with E-state index in [4.69, 9.17) is 13.8 Å². The van der Waals surface area contributed by atoms with Crippen LogP contribution in [-0.4, -0.2) is 69.4 Å². The number of nitrogens with zero attached hydrogens (tertiary/aromatic N) is 1. The number of phosphoric acid groups is 1. The van der Waals surface area contributed by atoms with E-state index in [2.05, 4.69) is 38.2 Å². The lowest BCUT2D eigenvalue weighted by molar-refractivity contribution is -0.870. The predicted octanol–water partition coefficient (Wildman–Crippen LogP) is 19.1. The van der Waals surface area contributed by atoms with Crippen molar-refractivity contribution in [3.05, 3.63) is 24.3 Å². The first-order valence-electron chi connectivity index (χ1n) is 32.1. The minimum absolute atomic E-state index is 0.0190. The highest BCUT2D eigenvalue weighted by atomic mass is 31.2. The van der Waals surface area contributed by atoms with Crippen molar-refractivity contribution in [3.8, 4) is 0 Å². The zero-order valence-corrected chi connectivity index (χ0v) is 51.0. The standard InChI is InChI=1S/C64H125N2O7P/c1-7-10-13-16-19-22-25-28-30-32-33-35-36-38-41-44-47-50-53-56-63(67)65-61(60-72-74(69,70)71-59-58-66(4,5)6)62(55-52-49-46-43-40-27-24-21-18-15-12-9-3)73-64(68)57-54-51-48-45-42-39-37-34-31-29-26-23-20-17-14-11-8-2/h28,30,52,55,61-62H,7-27,29,31-51,53-54,56-60H2,1-6H3,(H-,65,67,69,70)/b30-28+,55-52+. The minimum atomic E-state index is -4.69. The number of phosphoric ester groups is 1. The summed E-state index contributed by atoms with van der Waals surface area (Å²) in [5, 5.41) is 3.04. The molecule has 74 heavy (non-hydrogen) atoms. The average molecular weight is 1070 g/mol. The zero-order valence-electron chi connectivity index (χ0n) is 50.1. The summed E-state index contributed by atoms with van der Waals surface area (Å²) in [6, 6.07) is -0.883. The second-order valence-corrected chi connectivity index (χ2v) is 24.7. The van der Waals surface area contributed by atoms with Crippen molar-refractivity contribution in [1.82, 2.24) is 5.32 Å². The number of quaternary nitrogens is 1. The molecule has 0 heterocycles. The van der Waals surface area contributed by atoms with Crippen LogP contribution in [0.3, 0.4) is 0 Å². The lowest BCUT2D eigenvalue weighted by Crippen LogP contribution is -2.47. The Morgan fingerprint density at radius 3 is 1.15 bits per heavy atom. The molecule has 1 N–H and O–H groups in total. The molecule has 0 aromatic heterocycles. The molecule has 0 aliphatic heterocycles. The Labute approximate surface area is 460 Å². The third-order valence-electron chi connectivity index (χ3n) is 14.6. The van der Waals surface area contributed by atoms with Gasteiger partial charge in [-0.1, -0.05) is 277 Å². The van der Waals surface area contributed by atoms with Gasteiger partial charge in [0.15, 0.2) is 0 Å². The van der Waals surface area contributed by atoms with Gasteiger partial charge in [-0.3, -0.25) is 14.2 Å². The monoisotopic (exact) mass is 1060 g/mol. The summed E-state index contributed by atoms with van der Waals surface area (Å²) in [4.78, 5) is 40.0. The normalized spacial score (nSPS) is 13.8. The number of allylic oxidation sites excluding steroid dienone is 3. The van der Waals surface area contributed by atoms with Crippen molar-refractivity contribution in [3.63, 3.8) is 0 Å². The van der Waals surface area contributed by atoms with Crippen molar-refractivity contribution in [1.29, 1.82) is 0 Å². The molecule has 0 radical (unpaired) electrons. The van der Waals surface area contributed by atoms with Crippen LogP contribution in [0.5, 0.6) is 0 Å². The van der Waals surface area contributed by atoms with Gasteiger partial charge in [-0.2, -0.15) is 0 Å². The molecule has 3 unspecified atom stereocenters. The summed E-state index contributed by atoms with van der Waals surface area (Å²) in [6.07, 6.45) is 64.2. The molecule has 0 aliphatic carbocycles. The van der Waals surface area contributed by atoms with Gasteiger partial charge in [-0.05, 0) is 57.4 Å². The summed E-state index contributed by atoms with van der Waals surface area (Å²) in [5.74, 6) is -0.525. The van der Waals surface area contributed by atoms with Gasteiger partial charge in [0, 0.05) is 12.8 Å². The first-order valence-corrected chi connectivity index (χ1v) is 33.6. The van der Waals surface area contributed by atoms with Crippen LogP contribution in [0.4, 0.5) is 0 Å². The van der Waals surface area contributed by atoms with Gasteiger partial charge < -0.3 is 28.5 Å². The number of carbonyl (C=O) groups is 2. The fourth-order valence-corrected chi connectivity index (χ4v) is 10.4. The first kappa shape index (κ1) is 72.5. The van der Waals surface area contributed by atoms with Crippen molar-refractivity contribution in [2.45, 2.75) is 335 Å². The van der Waals surface area contributed by atoms with E-state index in [9.17, 15) is 19.0 Å². The van der Waals surface area contributed by atoms with Crippen LogP contribution >= 0.6 is 7.82 Å². The van der Waals surface area contributed by atoms with E-state index < -0.39 is 20.0 Å². The van der Waals surface area contributed by atoms with Crippen molar-refractivity contribution >= 4 is 19.7 Å². The van der Waals surface area contributed by atoms with E-state index in [0.29, 0.717) is 17.4 Å². The minimum Gasteiger partial charge on any atom is -0.756 e. The van der Waals surface area contributed by atoms with Gasteiger partial charge in [0.25, 0.3) is 7.82 Å². The van der Waals surface area contributed by atoms with Crippen LogP contribution in [0.1, 0.15) is 323 Å². The van der Waals surface area contributed by atoms with E-state index in [1.807, 2.05) is 33.3 Å². The lowest BCUT2D eigenvalue weighted by Gasteiger charge is -2.30. The Balaban J connectivity index is 5.19.